The van der Waals surface area contributed by atoms with Crippen molar-refractivity contribution in [2.75, 3.05) is 6.26 Å². The lowest BCUT2D eigenvalue weighted by Gasteiger charge is -1.92. The highest BCUT2D eigenvalue weighted by molar-refractivity contribution is 9.10. The summed E-state index contributed by atoms with van der Waals surface area (Å²) in [7, 11) is 4.00. The fourth-order valence-corrected chi connectivity index (χ4v) is 1.24. The van der Waals surface area contributed by atoms with E-state index in [0.29, 0.717) is 0 Å². The van der Waals surface area contributed by atoms with Crippen molar-refractivity contribution in [3.8, 4) is 0 Å². The zero-order valence-electron chi connectivity index (χ0n) is 6.25. The van der Waals surface area contributed by atoms with Gasteiger partial charge in [-0.3, -0.25) is 0 Å². The van der Waals surface area contributed by atoms with E-state index in [0.717, 1.165) is 4.47 Å². The lowest BCUT2D eigenvalue weighted by Crippen LogP contribution is -1.75. The molecule has 0 aliphatic carbocycles. The summed E-state index contributed by atoms with van der Waals surface area (Å²) in [4.78, 5) is 1.30. The molecule has 2 radical (unpaired) electrons. The number of benzene rings is 1. The number of hydrogen-bond acceptors (Lipinski definition) is 2. The molecule has 0 unspecified atom stereocenters. The van der Waals surface area contributed by atoms with Crippen molar-refractivity contribution in [2.24, 2.45) is 5.64 Å². The van der Waals surface area contributed by atoms with Gasteiger partial charge in [0.2, 0.25) is 0 Å². The standard InChI is InChI=1S/C7H7BrS.BH2N/c1-9-7-4-2-6(8)3-5-7;1-2/h2-5H,1H3;2H2. The van der Waals surface area contributed by atoms with E-state index in [9.17, 15) is 0 Å². The first-order chi connectivity index (χ1) is 5.33. The molecular formula is C7H9BBrNS. The van der Waals surface area contributed by atoms with Crippen LogP contribution in [-0.2, 0) is 0 Å². The van der Waals surface area contributed by atoms with Crippen LogP contribution >= 0.6 is 27.7 Å². The predicted molar refractivity (Wildman–Crippen MR) is 55.9 cm³/mol. The van der Waals surface area contributed by atoms with Crippen molar-refractivity contribution in [3.05, 3.63) is 28.7 Å². The van der Waals surface area contributed by atoms with Crippen LogP contribution in [0.5, 0.6) is 0 Å². The molecule has 0 aliphatic rings. The fraction of sp³-hybridized carbons (Fsp3) is 0.143. The molecule has 0 atom stereocenters. The summed E-state index contributed by atoms with van der Waals surface area (Å²) < 4.78 is 1.14. The Balaban J connectivity index is 0.000000461. The third-order valence-electron chi connectivity index (χ3n) is 1.05. The zero-order valence-corrected chi connectivity index (χ0v) is 8.65. The molecule has 1 aromatic rings. The Morgan fingerprint density at radius 2 is 1.73 bits per heavy atom. The van der Waals surface area contributed by atoms with Crippen LogP contribution in [0.3, 0.4) is 0 Å². The smallest absolute Gasteiger partial charge is 0.174 e. The highest BCUT2D eigenvalue weighted by atomic mass is 79.9. The molecule has 0 aromatic heterocycles. The second-order valence-corrected chi connectivity index (χ2v) is 3.45. The minimum atomic E-state index is 1.14. The Labute approximate surface area is 81.3 Å². The van der Waals surface area contributed by atoms with Crippen molar-refractivity contribution >= 4 is 35.7 Å². The Morgan fingerprint density at radius 3 is 2.09 bits per heavy atom. The van der Waals surface area contributed by atoms with E-state index in [1.807, 2.05) is 12.1 Å². The minimum absolute atomic E-state index is 1.14. The highest BCUT2D eigenvalue weighted by Gasteiger charge is 1.86. The number of hydrogen-bond donors (Lipinski definition) is 1. The average molecular weight is 230 g/mol. The molecule has 0 bridgehead atoms. The van der Waals surface area contributed by atoms with Gasteiger partial charge in [0.15, 0.2) is 7.98 Å². The zero-order chi connectivity index (χ0) is 8.69. The maximum atomic E-state index is 4.00. The van der Waals surface area contributed by atoms with E-state index in [2.05, 4.69) is 47.9 Å². The topological polar surface area (TPSA) is 26.0 Å². The summed E-state index contributed by atoms with van der Waals surface area (Å²) in [6, 6.07) is 8.28. The average Bonchev–Trinajstić information content (AvgIpc) is 2.10. The number of rotatable bonds is 1. The van der Waals surface area contributed by atoms with Crippen molar-refractivity contribution in [2.45, 2.75) is 4.90 Å². The molecular weight excluding hydrogens is 221 g/mol. The first-order valence-electron chi connectivity index (χ1n) is 2.96. The summed E-state index contributed by atoms with van der Waals surface area (Å²) in [5, 5.41) is 0. The van der Waals surface area contributed by atoms with Crippen LogP contribution in [0, 0.1) is 0 Å². The molecule has 0 heterocycles. The third kappa shape index (κ3) is 4.51. The third-order valence-corrected chi connectivity index (χ3v) is 2.32. The van der Waals surface area contributed by atoms with E-state index in [1.54, 1.807) is 11.8 Å². The Hall–Kier alpha value is 0.0749. The van der Waals surface area contributed by atoms with Gasteiger partial charge in [0, 0.05) is 9.37 Å². The maximum absolute atomic E-state index is 4.00. The van der Waals surface area contributed by atoms with Crippen LogP contribution in [0.15, 0.2) is 33.6 Å². The van der Waals surface area contributed by atoms with Gasteiger partial charge in [0.25, 0.3) is 0 Å². The largest absolute Gasteiger partial charge is 0.380 e. The molecule has 0 aliphatic heterocycles. The van der Waals surface area contributed by atoms with Gasteiger partial charge >= 0.3 is 0 Å². The van der Waals surface area contributed by atoms with Crippen LogP contribution < -0.4 is 5.64 Å². The molecule has 11 heavy (non-hydrogen) atoms. The van der Waals surface area contributed by atoms with Gasteiger partial charge in [-0.15, -0.1) is 11.8 Å². The number of nitrogens with two attached hydrogens (primary N) is 1. The molecule has 0 spiro atoms. The van der Waals surface area contributed by atoms with Gasteiger partial charge in [0.05, 0.1) is 0 Å². The van der Waals surface area contributed by atoms with E-state index in [1.165, 1.54) is 4.90 Å². The van der Waals surface area contributed by atoms with Gasteiger partial charge in [-0.05, 0) is 30.5 Å². The molecule has 0 saturated carbocycles. The van der Waals surface area contributed by atoms with Crippen molar-refractivity contribution in [3.63, 3.8) is 0 Å². The van der Waals surface area contributed by atoms with Gasteiger partial charge in [-0.25, -0.2) is 0 Å². The lowest BCUT2D eigenvalue weighted by molar-refractivity contribution is 1.45. The van der Waals surface area contributed by atoms with Gasteiger partial charge in [0.1, 0.15) is 0 Å². The van der Waals surface area contributed by atoms with Crippen LogP contribution in [0.25, 0.3) is 0 Å². The van der Waals surface area contributed by atoms with E-state index < -0.39 is 0 Å². The first kappa shape index (κ1) is 11.1. The molecule has 0 fully saturated rings. The summed E-state index contributed by atoms with van der Waals surface area (Å²) in [6.45, 7) is 0. The van der Waals surface area contributed by atoms with Crippen molar-refractivity contribution < 1.29 is 0 Å². The summed E-state index contributed by atoms with van der Waals surface area (Å²) in [5.41, 5.74) is 4.00. The highest BCUT2D eigenvalue weighted by Crippen LogP contribution is 2.17. The number of halogens is 1. The van der Waals surface area contributed by atoms with Crippen LogP contribution in [0.2, 0.25) is 0 Å². The number of thioether (sulfide) groups is 1. The molecule has 0 saturated heterocycles. The van der Waals surface area contributed by atoms with Crippen LogP contribution in [-0.4, -0.2) is 14.2 Å². The van der Waals surface area contributed by atoms with Gasteiger partial charge in [-0.1, -0.05) is 15.9 Å². The summed E-state index contributed by atoms with van der Waals surface area (Å²) >= 11 is 5.12. The predicted octanol–water partition coefficient (Wildman–Crippen LogP) is 2.20. The van der Waals surface area contributed by atoms with Gasteiger partial charge < -0.3 is 5.64 Å². The molecule has 4 heteroatoms. The molecule has 0 amide bonds. The molecule has 2 N–H and O–H groups in total. The van der Waals surface area contributed by atoms with Crippen LogP contribution in [0.1, 0.15) is 0 Å². The summed E-state index contributed by atoms with van der Waals surface area (Å²) in [5.74, 6) is 0. The van der Waals surface area contributed by atoms with E-state index in [4.69, 9.17) is 0 Å². The van der Waals surface area contributed by atoms with E-state index in [-0.39, 0.29) is 0 Å². The van der Waals surface area contributed by atoms with Gasteiger partial charge in [-0.2, -0.15) is 0 Å². The minimum Gasteiger partial charge on any atom is -0.380 e. The van der Waals surface area contributed by atoms with E-state index >= 15 is 0 Å². The first-order valence-corrected chi connectivity index (χ1v) is 4.97. The second-order valence-electron chi connectivity index (χ2n) is 1.66. The second kappa shape index (κ2) is 6.76. The maximum Gasteiger partial charge on any atom is 0.174 e. The fourth-order valence-electron chi connectivity index (χ4n) is 0.571. The summed E-state index contributed by atoms with van der Waals surface area (Å²) in [6.07, 6.45) is 2.07. The van der Waals surface area contributed by atoms with Crippen molar-refractivity contribution in [1.82, 2.24) is 0 Å². The molecule has 1 aromatic carbocycles. The Kier molecular flexibility index (Phi) is 6.81. The normalized spacial score (nSPS) is 8.27. The molecule has 1 nitrogen and oxygen atoms in total. The quantitative estimate of drug-likeness (QED) is 0.591. The molecule has 1 rings (SSSR count). The Bertz CT molecular complexity index is 190. The molecule has 58 valence electrons. The lowest BCUT2D eigenvalue weighted by atomic mass is 10.4. The monoisotopic (exact) mass is 229 g/mol. The Morgan fingerprint density at radius 1 is 1.27 bits per heavy atom. The van der Waals surface area contributed by atoms with Crippen molar-refractivity contribution in [1.29, 1.82) is 0 Å². The van der Waals surface area contributed by atoms with Crippen LogP contribution in [0.4, 0.5) is 0 Å². The SMILES string of the molecule is CSc1ccc(Br)cc1.[B]N.